The number of hydrogen-bond acceptors (Lipinski definition) is 3. The van der Waals surface area contributed by atoms with E-state index in [0.29, 0.717) is 6.54 Å². The summed E-state index contributed by atoms with van der Waals surface area (Å²) in [5.41, 5.74) is 4.23. The third kappa shape index (κ3) is 3.27. The average Bonchev–Trinajstić information content (AvgIpc) is 3.19. The summed E-state index contributed by atoms with van der Waals surface area (Å²) >= 11 is 3.55. The molecule has 1 amide bonds. The number of hydrogen-bond donors (Lipinski definition) is 1. The Morgan fingerprint density at radius 2 is 2.15 bits per heavy atom. The van der Waals surface area contributed by atoms with Gasteiger partial charge < -0.3 is 9.72 Å². The standard InChI is InChI=1S/C20H24BrN3O2/c1-20(2,3)26-19(25)24-10-4-5-16(24)18-22-15-9-6-12-11-13(21)7-8-14(12)17(15)23-18/h7-8,11,16H,4-6,9-10H2,1-3H3,(H,22,23). The van der Waals surface area contributed by atoms with E-state index in [2.05, 4.69) is 39.1 Å². The van der Waals surface area contributed by atoms with Crippen LogP contribution in [-0.4, -0.2) is 33.1 Å². The van der Waals surface area contributed by atoms with Crippen molar-refractivity contribution in [3.63, 3.8) is 0 Å². The highest BCUT2D eigenvalue weighted by Gasteiger charge is 2.36. The Labute approximate surface area is 162 Å². The number of amides is 1. The lowest BCUT2D eigenvalue weighted by Crippen LogP contribution is -2.36. The highest BCUT2D eigenvalue weighted by molar-refractivity contribution is 9.10. The van der Waals surface area contributed by atoms with Crippen molar-refractivity contribution in [2.24, 2.45) is 0 Å². The summed E-state index contributed by atoms with van der Waals surface area (Å²) in [5, 5.41) is 0. The molecule has 5 nitrogen and oxygen atoms in total. The third-order valence-electron chi connectivity index (χ3n) is 4.96. The molecule has 1 fully saturated rings. The largest absolute Gasteiger partial charge is 0.444 e. The molecule has 0 radical (unpaired) electrons. The summed E-state index contributed by atoms with van der Waals surface area (Å²) in [5.74, 6) is 0.883. The fraction of sp³-hybridized carbons (Fsp3) is 0.500. The van der Waals surface area contributed by atoms with Crippen molar-refractivity contribution in [3.05, 3.63) is 39.8 Å². The number of imidazole rings is 1. The minimum Gasteiger partial charge on any atom is -0.444 e. The van der Waals surface area contributed by atoms with Gasteiger partial charge in [0.05, 0.1) is 11.7 Å². The van der Waals surface area contributed by atoms with Crippen molar-refractivity contribution in [1.29, 1.82) is 0 Å². The van der Waals surface area contributed by atoms with Crippen LogP contribution in [0.25, 0.3) is 11.3 Å². The Hall–Kier alpha value is -1.82. The Morgan fingerprint density at radius 1 is 1.35 bits per heavy atom. The quantitative estimate of drug-likeness (QED) is 0.708. The molecule has 1 saturated heterocycles. The Kier molecular flexibility index (Phi) is 4.34. The van der Waals surface area contributed by atoms with Crippen LogP contribution in [0, 0.1) is 0 Å². The van der Waals surface area contributed by atoms with Gasteiger partial charge in [0.2, 0.25) is 0 Å². The minimum atomic E-state index is -0.487. The molecule has 1 N–H and O–H groups in total. The molecule has 2 heterocycles. The van der Waals surface area contributed by atoms with Gasteiger partial charge >= 0.3 is 6.09 Å². The molecule has 4 rings (SSSR count). The van der Waals surface area contributed by atoms with Crippen LogP contribution in [0.2, 0.25) is 0 Å². The number of benzene rings is 1. The van der Waals surface area contributed by atoms with Gasteiger partial charge in [0.15, 0.2) is 0 Å². The predicted molar refractivity (Wildman–Crippen MR) is 104 cm³/mol. The number of likely N-dealkylation sites (tertiary alicyclic amines) is 1. The fourth-order valence-corrected chi connectivity index (χ4v) is 4.25. The first-order chi connectivity index (χ1) is 12.3. The Balaban J connectivity index is 1.63. The molecule has 0 bridgehead atoms. The van der Waals surface area contributed by atoms with Crippen LogP contribution < -0.4 is 0 Å². The molecule has 1 aromatic carbocycles. The number of aromatic nitrogens is 2. The monoisotopic (exact) mass is 417 g/mol. The van der Waals surface area contributed by atoms with Crippen molar-refractivity contribution in [2.45, 2.75) is 58.1 Å². The Bertz CT molecular complexity index is 853. The first kappa shape index (κ1) is 17.6. The summed E-state index contributed by atoms with van der Waals surface area (Å²) in [6, 6.07) is 6.33. The van der Waals surface area contributed by atoms with Gasteiger partial charge in [-0.3, -0.25) is 4.90 Å². The number of carbonyl (C=O) groups excluding carboxylic acids is 1. The summed E-state index contributed by atoms with van der Waals surface area (Å²) < 4.78 is 6.68. The second kappa shape index (κ2) is 6.41. The van der Waals surface area contributed by atoms with Gasteiger partial charge in [0.1, 0.15) is 11.4 Å². The number of aromatic amines is 1. The molecular weight excluding hydrogens is 394 g/mol. The maximum atomic E-state index is 12.6. The number of aryl methyl sites for hydroxylation is 2. The molecule has 2 aliphatic rings. The zero-order valence-corrected chi connectivity index (χ0v) is 17.0. The van der Waals surface area contributed by atoms with Crippen molar-refractivity contribution < 1.29 is 9.53 Å². The highest BCUT2D eigenvalue weighted by atomic mass is 79.9. The lowest BCUT2D eigenvalue weighted by molar-refractivity contribution is 0.0218. The summed E-state index contributed by atoms with van der Waals surface area (Å²) in [6.45, 7) is 6.42. The van der Waals surface area contributed by atoms with Gasteiger partial charge in [0, 0.05) is 22.3 Å². The van der Waals surface area contributed by atoms with Gasteiger partial charge in [-0.25, -0.2) is 9.78 Å². The fourth-order valence-electron chi connectivity index (χ4n) is 3.84. The first-order valence-corrected chi connectivity index (χ1v) is 9.98. The zero-order chi connectivity index (χ0) is 18.5. The second-order valence-electron chi connectivity index (χ2n) is 8.08. The van der Waals surface area contributed by atoms with Crippen molar-refractivity contribution in [3.8, 4) is 11.3 Å². The third-order valence-corrected chi connectivity index (χ3v) is 5.45. The molecule has 1 aromatic heterocycles. The molecule has 1 unspecified atom stereocenters. The predicted octanol–water partition coefficient (Wildman–Crippen LogP) is 5.01. The van der Waals surface area contributed by atoms with Crippen LogP contribution >= 0.6 is 15.9 Å². The molecular formula is C20H24BrN3O2. The number of nitrogens with zero attached hydrogens (tertiary/aromatic N) is 2. The van der Waals surface area contributed by atoms with Crippen LogP contribution in [-0.2, 0) is 17.6 Å². The second-order valence-corrected chi connectivity index (χ2v) is 9.00. The van der Waals surface area contributed by atoms with Crippen LogP contribution in [0.1, 0.15) is 56.7 Å². The van der Waals surface area contributed by atoms with E-state index in [4.69, 9.17) is 9.72 Å². The van der Waals surface area contributed by atoms with Crippen LogP contribution in [0.15, 0.2) is 22.7 Å². The number of fused-ring (bicyclic) bond motifs is 3. The van der Waals surface area contributed by atoms with Crippen molar-refractivity contribution in [2.75, 3.05) is 6.54 Å². The normalized spacial score (nSPS) is 19.2. The zero-order valence-electron chi connectivity index (χ0n) is 15.4. The summed E-state index contributed by atoms with van der Waals surface area (Å²) in [7, 11) is 0. The van der Waals surface area contributed by atoms with E-state index in [1.54, 1.807) is 0 Å². The van der Waals surface area contributed by atoms with Crippen molar-refractivity contribution in [1.82, 2.24) is 14.9 Å². The molecule has 6 heteroatoms. The minimum absolute atomic E-state index is 0.0330. The smallest absolute Gasteiger partial charge is 0.410 e. The molecule has 138 valence electrons. The van der Waals surface area contributed by atoms with Gasteiger partial charge in [-0.05, 0) is 64.2 Å². The van der Waals surface area contributed by atoms with E-state index >= 15 is 0 Å². The van der Waals surface area contributed by atoms with Crippen LogP contribution in [0.5, 0.6) is 0 Å². The number of H-pyrrole nitrogens is 1. The molecule has 1 atom stereocenters. The lowest BCUT2D eigenvalue weighted by atomic mass is 9.92. The number of halogens is 1. The van der Waals surface area contributed by atoms with E-state index in [1.807, 2.05) is 25.7 Å². The van der Waals surface area contributed by atoms with Gasteiger partial charge in [-0.15, -0.1) is 0 Å². The summed E-state index contributed by atoms with van der Waals surface area (Å²) in [4.78, 5) is 22.8. The molecule has 0 saturated carbocycles. The van der Waals surface area contributed by atoms with Gasteiger partial charge in [0.25, 0.3) is 0 Å². The first-order valence-electron chi connectivity index (χ1n) is 9.19. The molecule has 1 aliphatic carbocycles. The number of rotatable bonds is 1. The van der Waals surface area contributed by atoms with Crippen LogP contribution in [0.4, 0.5) is 4.79 Å². The molecule has 2 aromatic rings. The number of carbonyl (C=O) groups is 1. The SMILES string of the molecule is CC(C)(C)OC(=O)N1CCCC1c1nc2c([nH]1)CCc1cc(Br)ccc1-2. The van der Waals surface area contributed by atoms with E-state index in [1.165, 1.54) is 16.8 Å². The maximum absolute atomic E-state index is 12.6. The molecule has 1 aliphatic heterocycles. The van der Waals surface area contributed by atoms with E-state index < -0.39 is 5.60 Å². The number of nitrogens with one attached hydrogen (secondary N) is 1. The summed E-state index contributed by atoms with van der Waals surface area (Å²) in [6.07, 6.45) is 3.59. The average molecular weight is 418 g/mol. The van der Waals surface area contributed by atoms with E-state index in [9.17, 15) is 4.79 Å². The highest BCUT2D eigenvalue weighted by Crippen LogP contribution is 2.37. The molecule has 26 heavy (non-hydrogen) atoms. The van der Waals surface area contributed by atoms with E-state index in [0.717, 1.165) is 41.7 Å². The van der Waals surface area contributed by atoms with Crippen LogP contribution in [0.3, 0.4) is 0 Å². The van der Waals surface area contributed by atoms with Gasteiger partial charge in [-0.2, -0.15) is 0 Å². The van der Waals surface area contributed by atoms with Gasteiger partial charge in [-0.1, -0.05) is 22.0 Å². The maximum Gasteiger partial charge on any atom is 0.410 e. The lowest BCUT2D eigenvalue weighted by Gasteiger charge is -2.27. The number of ether oxygens (including phenoxy) is 1. The van der Waals surface area contributed by atoms with E-state index in [-0.39, 0.29) is 12.1 Å². The van der Waals surface area contributed by atoms with Crippen molar-refractivity contribution >= 4 is 22.0 Å². The Morgan fingerprint density at radius 3 is 2.92 bits per heavy atom. The molecule has 0 spiro atoms. The topological polar surface area (TPSA) is 58.2 Å².